The summed E-state index contributed by atoms with van der Waals surface area (Å²) < 4.78 is 80.2. The van der Waals surface area contributed by atoms with Gasteiger partial charge in [-0.3, -0.25) is 33.6 Å². The molecular formula is C90H126IN7O28S3. The van der Waals surface area contributed by atoms with Gasteiger partial charge in [0, 0.05) is 98.2 Å². The van der Waals surface area contributed by atoms with Gasteiger partial charge in [0.25, 0.3) is 0 Å². The van der Waals surface area contributed by atoms with Gasteiger partial charge in [-0.05, 0) is 151 Å². The van der Waals surface area contributed by atoms with Crippen LogP contribution in [-0.4, -0.2) is 277 Å². The number of hydrogen-bond acceptors (Lipinski definition) is 33. The van der Waals surface area contributed by atoms with Gasteiger partial charge < -0.3 is 124 Å². The van der Waals surface area contributed by atoms with Crippen molar-refractivity contribution < 1.29 is 135 Å². The van der Waals surface area contributed by atoms with Gasteiger partial charge in [-0.2, -0.15) is 5.48 Å². The first-order chi connectivity index (χ1) is 61.6. The van der Waals surface area contributed by atoms with Crippen LogP contribution in [0.2, 0.25) is 0 Å². The number of primary amides is 1. The molecule has 4 saturated heterocycles. The van der Waals surface area contributed by atoms with Gasteiger partial charge in [-0.25, -0.2) is 9.59 Å². The molecule has 7 aliphatic rings. The van der Waals surface area contributed by atoms with Crippen molar-refractivity contribution in [3.05, 3.63) is 79.5 Å². The third kappa shape index (κ3) is 28.3. The number of carbonyl (C=O) groups is 9. The van der Waals surface area contributed by atoms with E-state index in [1.165, 1.54) is 59.5 Å². The number of urea groups is 1. The molecule has 0 aromatic heterocycles. The number of fused-ring (bicyclic) bond motifs is 2. The Morgan fingerprint density at radius 3 is 2.15 bits per heavy atom. The molecule has 129 heavy (non-hydrogen) atoms. The highest BCUT2D eigenvalue weighted by Gasteiger charge is 2.53. The Hall–Kier alpha value is -7.05. The van der Waals surface area contributed by atoms with Crippen molar-refractivity contribution in [2.75, 3.05) is 72.9 Å². The number of nitrogens with zero attached hydrogens (tertiary/aromatic N) is 1. The maximum Gasteiger partial charge on any atom is 0.410 e. The summed E-state index contributed by atoms with van der Waals surface area (Å²) in [5.74, 6) is 7.26. The van der Waals surface area contributed by atoms with Crippen LogP contribution in [0, 0.1) is 51.9 Å². The average Bonchev–Trinajstić information content (AvgIpc) is 0.748. The van der Waals surface area contributed by atoms with E-state index in [9.17, 15) is 68.7 Å². The number of nitrogens with two attached hydrogens (primary N) is 2. The van der Waals surface area contributed by atoms with Crippen LogP contribution in [-0.2, 0) is 87.6 Å². The molecule has 1 saturated carbocycles. The number of Topliss-reactive ketones (excluding diaryl/α,β-unsaturated/α-hetero) is 3. The molecule has 4 heterocycles. The fourth-order valence-electron chi connectivity index (χ4n) is 16.7. The second kappa shape index (κ2) is 50.9. The van der Waals surface area contributed by atoms with Crippen molar-refractivity contribution in [1.29, 1.82) is 0 Å². The Bertz CT molecular complexity index is 4410. The van der Waals surface area contributed by atoms with Gasteiger partial charge in [0.2, 0.25) is 29.0 Å². The predicted molar refractivity (Wildman–Crippen MR) is 486 cm³/mol. The number of thioether (sulfide) groups is 1. The van der Waals surface area contributed by atoms with Gasteiger partial charge in [-0.15, -0.1) is 0 Å². The smallest absolute Gasteiger partial charge is 0.410 e. The quantitative estimate of drug-likeness (QED) is 0.00770. The molecule has 5 fully saturated rings. The zero-order valence-electron chi connectivity index (χ0n) is 75.2. The number of carbonyl (C=O) groups excluding carboxylic acids is 9. The lowest BCUT2D eigenvalue weighted by atomic mass is 9.72. The summed E-state index contributed by atoms with van der Waals surface area (Å²) in [7, 11) is 9.96. The molecule has 714 valence electrons. The number of amides is 5. The van der Waals surface area contributed by atoms with Crippen LogP contribution in [0.15, 0.2) is 59.2 Å². The average molecular weight is 1980 g/mol. The summed E-state index contributed by atoms with van der Waals surface area (Å²) in [6, 6.07) is 2.72. The van der Waals surface area contributed by atoms with Gasteiger partial charge in [0.15, 0.2) is 47.5 Å². The van der Waals surface area contributed by atoms with Crippen molar-refractivity contribution in [2.45, 2.75) is 291 Å². The van der Waals surface area contributed by atoms with E-state index in [1.807, 2.05) is 22.6 Å². The zero-order valence-corrected chi connectivity index (χ0v) is 79.8. The molecule has 9 rings (SSSR count). The molecule has 4 aliphatic heterocycles. The fraction of sp³-hybridized carbons (Fsp3) is 0.656. The van der Waals surface area contributed by atoms with E-state index in [0.717, 1.165) is 43.9 Å². The highest BCUT2D eigenvalue weighted by atomic mass is 127. The van der Waals surface area contributed by atoms with Gasteiger partial charge >= 0.3 is 18.1 Å². The van der Waals surface area contributed by atoms with E-state index in [2.05, 4.69) is 45.1 Å². The van der Waals surface area contributed by atoms with Crippen molar-refractivity contribution in [2.24, 2.45) is 29.2 Å². The number of halogens is 1. The molecule has 2 aromatic rings. The highest BCUT2D eigenvalue weighted by Crippen LogP contribution is 2.50. The van der Waals surface area contributed by atoms with Gasteiger partial charge in [0.05, 0.1) is 104 Å². The lowest BCUT2D eigenvalue weighted by Crippen LogP contribution is -2.65. The minimum absolute atomic E-state index is 0.00208. The topological polar surface area (TPSA) is 487 Å². The summed E-state index contributed by atoms with van der Waals surface area (Å²) >= 11 is 2.77. The van der Waals surface area contributed by atoms with Crippen molar-refractivity contribution in [3.63, 3.8) is 0 Å². The Labute approximate surface area is 778 Å². The lowest BCUT2D eigenvalue weighted by molar-refractivity contribution is -0.337. The van der Waals surface area contributed by atoms with Crippen LogP contribution in [0.4, 0.5) is 15.3 Å². The number of hydroxylamine groups is 1. The summed E-state index contributed by atoms with van der Waals surface area (Å²) in [4.78, 5) is 130. The first-order valence-corrected chi connectivity index (χ1v) is 48.0. The van der Waals surface area contributed by atoms with Crippen molar-refractivity contribution in [1.82, 2.24) is 21.0 Å². The van der Waals surface area contributed by atoms with E-state index >= 15 is 0 Å². The Kier molecular flexibility index (Phi) is 41.7. The van der Waals surface area contributed by atoms with E-state index in [0.29, 0.717) is 57.2 Å². The number of likely N-dealkylation sites (N-methyl/N-ethyl adjacent to an activating group) is 1. The normalized spacial score (nSPS) is 28.9. The zero-order chi connectivity index (χ0) is 94.1. The maximum absolute atomic E-state index is 14.7. The summed E-state index contributed by atoms with van der Waals surface area (Å²) in [6.45, 7) is 13.4. The number of ketones is 3. The second-order valence-electron chi connectivity index (χ2n) is 33.3. The lowest BCUT2D eigenvalue weighted by Gasteiger charge is -2.47. The Morgan fingerprint density at radius 2 is 1.50 bits per heavy atom. The molecule has 3 aliphatic carbocycles. The van der Waals surface area contributed by atoms with E-state index in [4.69, 9.17) is 77.9 Å². The molecule has 0 unspecified atom stereocenters. The van der Waals surface area contributed by atoms with Crippen LogP contribution in [0.1, 0.15) is 173 Å². The number of ether oxygens (including phenoxy) is 13. The van der Waals surface area contributed by atoms with Crippen LogP contribution in [0.5, 0.6) is 17.2 Å². The minimum Gasteiger partial charge on any atom is -0.492 e. The largest absolute Gasteiger partial charge is 0.492 e. The van der Waals surface area contributed by atoms with Gasteiger partial charge in [-0.1, -0.05) is 115 Å². The maximum atomic E-state index is 14.7. The molecule has 5 amide bonds. The number of nitrogens with one attached hydrogen (secondary N) is 4. The molecule has 13 N–H and O–H groups in total. The summed E-state index contributed by atoms with van der Waals surface area (Å²) in [5.41, 5.74) is 13.3. The van der Waals surface area contributed by atoms with Crippen LogP contribution in [0.3, 0.4) is 0 Å². The summed E-state index contributed by atoms with van der Waals surface area (Å²) in [5, 5.41) is 66.8. The standard InChI is InChI=1S/C90H126IN7O28S3/c1-14-98(89(111)119-45-53-30-32-56(33-31-53)95-83(107)55(26-24-37-94-88(93)110)40-61(100)72(47(2)3)96-84(108)54(39-48(4)99)25-21-23-36-92)60-46-118-67(43-65(60)113-9)124-80-75(105)73(50(6)121-87(80)123-64-29-20-15-16-22-35-90(112)44-63(102)58(41-66(103)114-10)70(64)59(90)34-38-127-129-57-27-18-17-19-28-57)97-126-68-42-62(101)82(52(8)120-68)128-85(109)69-49(5)71(91)78(81(117-13)77(69)115-11)125-86-76(106)79(116-12)74(104)51(7)122-86/h15-16,30-34,47,50-52,54-55,57,60,62,64-65,67-68,72-76,79-80,82,86-87,97,101,104-106,112H,14,17-19,21,23-28,36-46,92H2,1-13H3,(H,95,107)(H,96,108)(H3,93,94,110)/b16-15-,59-34+/t50-,51+,52-,54-,55-,60+,62+,64+,65+,67+,68+,72+,73-,74+,75+,76-,79-,80-,82-,86+,87+,90+/m1/s1. The predicted octanol–water partition coefficient (Wildman–Crippen LogP) is 7.38. The monoisotopic (exact) mass is 1980 g/mol. The Morgan fingerprint density at radius 1 is 0.798 bits per heavy atom. The molecular weight excluding hydrogens is 1850 g/mol. The second-order valence-corrected chi connectivity index (χ2v) is 38.2. The molecule has 2 aromatic carbocycles. The molecule has 0 spiro atoms. The number of aliphatic hydroxyl groups excluding tert-OH is 4. The van der Waals surface area contributed by atoms with E-state index < -0.39 is 193 Å². The molecule has 2 bridgehead atoms. The number of anilines is 1. The minimum atomic E-state index is -2.12. The first-order valence-electron chi connectivity index (χ1n) is 43.6. The number of hydrogen-bond donors (Lipinski definition) is 11. The number of esters is 1. The van der Waals surface area contributed by atoms with Crippen LogP contribution >= 0.6 is 55.9 Å². The number of aliphatic hydroxyl groups is 5. The number of methoxy groups -OCH3 is 5. The van der Waals surface area contributed by atoms with Crippen molar-refractivity contribution >= 4 is 114 Å². The van der Waals surface area contributed by atoms with Crippen molar-refractivity contribution in [3.8, 4) is 40.9 Å². The molecule has 0 radical (unpaired) electrons. The molecule has 35 nitrogen and oxygen atoms in total. The highest BCUT2D eigenvalue weighted by molar-refractivity contribution is 14.1. The number of rotatable bonds is 43. The Balaban J connectivity index is 0.923. The molecule has 39 heteroatoms. The van der Waals surface area contributed by atoms with Crippen LogP contribution in [0.25, 0.3) is 0 Å². The third-order valence-corrected chi connectivity index (χ3v) is 29.3. The van der Waals surface area contributed by atoms with Gasteiger partial charge in [0.1, 0.15) is 49.0 Å². The fourth-order valence-corrected chi connectivity index (χ4v) is 21.1. The number of unbranched alkanes of at least 4 members (excludes halogenated alkanes) is 1. The third-order valence-electron chi connectivity index (χ3n) is 23.8. The summed E-state index contributed by atoms with van der Waals surface area (Å²) in [6.07, 6.45) is -9.02. The van der Waals surface area contributed by atoms with E-state index in [1.54, 1.807) is 100 Å². The molecule has 22 atom stereocenters. The first kappa shape index (κ1) is 106. The van der Waals surface area contributed by atoms with E-state index in [-0.39, 0.29) is 116 Å². The van der Waals surface area contributed by atoms with Crippen LogP contribution < -0.4 is 47.1 Å². The SMILES string of the molecule is CCN(C(=O)OCc1ccc(NC(=O)[C@H](CCCNC(N)=O)CC(=O)[C@@H](NC(=O)[C@H](CCCCN)CC(C)=O)C(C)C)cc1)[C@H]1CO[C@@H](O[C@H]2[C@H](O[C@H]3C#C/C=C\C#C[C@]4(O)CC(=O)C(CC(=O)OC)=C3/C4=C\CSSC3CCCCC3)O[C@H](C)[C@@H](NO[C@H]3C[C@H](O)[C@H](SC(=O)c4c(C)c(I)c(O[C@@H]5O[C@@H](C)[C@H](O)[C@@H](OC)[C@H]5O)c(OC)c4OC)[C@@H](C)O3)[C@@H]2O)C[C@@H]1OC. The number of benzene rings is 2. The number of allylic oxidation sites excluding steroid dienone is 2.